The van der Waals surface area contributed by atoms with Gasteiger partial charge < -0.3 is 14.9 Å². The maximum atomic E-state index is 9.45. The minimum absolute atomic E-state index is 0.463. The molecule has 0 aromatic carbocycles. The lowest BCUT2D eigenvalue weighted by atomic mass is 10.2. The van der Waals surface area contributed by atoms with Crippen molar-refractivity contribution >= 4 is 16.5 Å². The lowest BCUT2D eigenvalue weighted by molar-refractivity contribution is 0.195. The molecule has 0 aliphatic carbocycles. The molecule has 2 rings (SSSR count). The van der Waals surface area contributed by atoms with Crippen LogP contribution in [0.15, 0.2) is 5.38 Å². The van der Waals surface area contributed by atoms with E-state index in [1.165, 1.54) is 0 Å². The maximum absolute atomic E-state index is 9.45. The Hall–Kier alpha value is -0.650. The van der Waals surface area contributed by atoms with E-state index in [4.69, 9.17) is 0 Å². The van der Waals surface area contributed by atoms with E-state index >= 15 is 0 Å². The van der Waals surface area contributed by atoms with Crippen LogP contribution in [0.25, 0.3) is 0 Å². The van der Waals surface area contributed by atoms with E-state index in [1.807, 2.05) is 5.38 Å². The highest BCUT2D eigenvalue weighted by Crippen LogP contribution is 2.25. The highest BCUT2D eigenvalue weighted by atomic mass is 32.1. The molecule has 0 bridgehead atoms. The van der Waals surface area contributed by atoms with Crippen LogP contribution in [0.4, 0.5) is 5.13 Å². The van der Waals surface area contributed by atoms with Gasteiger partial charge in [-0.25, -0.2) is 4.98 Å². The molecule has 90 valence electrons. The standard InChI is InChI=1S/C11H19N3OS/c1-8-6-14(5-4-13(8)3)11-12-10(7-16-11)9(2)15/h7-9,15H,4-6H2,1-3H3. The van der Waals surface area contributed by atoms with Gasteiger partial charge in [-0.2, -0.15) is 0 Å². The fraction of sp³-hybridized carbons (Fsp3) is 0.727. The molecule has 0 radical (unpaired) electrons. The molecule has 1 aliphatic rings. The summed E-state index contributed by atoms with van der Waals surface area (Å²) >= 11 is 1.62. The van der Waals surface area contributed by atoms with Crippen molar-refractivity contribution in [3.05, 3.63) is 11.1 Å². The van der Waals surface area contributed by atoms with E-state index in [-0.39, 0.29) is 0 Å². The Balaban J connectivity index is 2.07. The van der Waals surface area contributed by atoms with Crippen molar-refractivity contribution in [1.29, 1.82) is 0 Å². The molecular formula is C11H19N3OS. The Labute approximate surface area is 101 Å². The van der Waals surface area contributed by atoms with Crippen LogP contribution in [0.2, 0.25) is 0 Å². The number of piperazine rings is 1. The van der Waals surface area contributed by atoms with E-state index in [9.17, 15) is 5.11 Å². The van der Waals surface area contributed by atoms with Gasteiger partial charge in [0.2, 0.25) is 0 Å². The summed E-state index contributed by atoms with van der Waals surface area (Å²) in [5.41, 5.74) is 0.784. The van der Waals surface area contributed by atoms with Gasteiger partial charge in [-0.3, -0.25) is 0 Å². The van der Waals surface area contributed by atoms with Crippen LogP contribution in [0.5, 0.6) is 0 Å². The molecule has 0 amide bonds. The third-order valence-corrected chi connectivity index (χ3v) is 4.09. The lowest BCUT2D eigenvalue weighted by Crippen LogP contribution is -2.50. The number of aliphatic hydroxyl groups is 1. The average molecular weight is 241 g/mol. The number of hydrogen-bond acceptors (Lipinski definition) is 5. The molecular weight excluding hydrogens is 222 g/mol. The van der Waals surface area contributed by atoms with E-state index in [1.54, 1.807) is 18.3 Å². The molecule has 0 saturated carbocycles. The zero-order chi connectivity index (χ0) is 11.7. The SMILES string of the molecule is CC(O)c1csc(N2CCN(C)C(C)C2)n1. The molecule has 1 aromatic heterocycles. The fourth-order valence-electron chi connectivity index (χ4n) is 1.84. The molecule has 1 aliphatic heterocycles. The number of aromatic nitrogens is 1. The molecule has 1 fully saturated rings. The van der Waals surface area contributed by atoms with Crippen LogP contribution >= 0.6 is 11.3 Å². The van der Waals surface area contributed by atoms with Crippen LogP contribution in [-0.4, -0.2) is 47.7 Å². The quantitative estimate of drug-likeness (QED) is 0.848. The van der Waals surface area contributed by atoms with E-state index < -0.39 is 6.10 Å². The number of likely N-dealkylation sites (N-methyl/N-ethyl adjacent to an activating group) is 1. The topological polar surface area (TPSA) is 39.6 Å². The number of nitrogens with zero attached hydrogens (tertiary/aromatic N) is 3. The van der Waals surface area contributed by atoms with Crippen molar-refractivity contribution in [2.45, 2.75) is 26.0 Å². The third kappa shape index (κ3) is 2.36. The highest BCUT2D eigenvalue weighted by molar-refractivity contribution is 7.13. The molecule has 4 nitrogen and oxygen atoms in total. The average Bonchev–Trinajstić information content (AvgIpc) is 2.71. The summed E-state index contributed by atoms with van der Waals surface area (Å²) in [7, 11) is 2.16. The molecule has 2 heterocycles. The third-order valence-electron chi connectivity index (χ3n) is 3.17. The van der Waals surface area contributed by atoms with E-state index in [2.05, 4.69) is 28.8 Å². The summed E-state index contributed by atoms with van der Waals surface area (Å²) < 4.78 is 0. The fourth-order valence-corrected chi connectivity index (χ4v) is 2.78. The summed E-state index contributed by atoms with van der Waals surface area (Å²) in [5, 5.41) is 12.4. The van der Waals surface area contributed by atoms with Crippen LogP contribution < -0.4 is 4.90 Å². The van der Waals surface area contributed by atoms with Crippen LogP contribution in [0.3, 0.4) is 0 Å². The van der Waals surface area contributed by atoms with Crippen molar-refractivity contribution < 1.29 is 5.11 Å². The van der Waals surface area contributed by atoms with E-state index in [0.29, 0.717) is 6.04 Å². The monoisotopic (exact) mass is 241 g/mol. The van der Waals surface area contributed by atoms with Gasteiger partial charge in [0.25, 0.3) is 0 Å². The van der Waals surface area contributed by atoms with E-state index in [0.717, 1.165) is 30.5 Å². The first kappa shape index (κ1) is 11.8. The second-order valence-corrected chi connectivity index (χ2v) is 5.34. The molecule has 5 heteroatoms. The first-order chi connectivity index (χ1) is 7.58. The number of rotatable bonds is 2. The Bertz CT molecular complexity index is 353. The highest BCUT2D eigenvalue weighted by Gasteiger charge is 2.22. The molecule has 1 saturated heterocycles. The Morgan fingerprint density at radius 1 is 1.56 bits per heavy atom. The maximum Gasteiger partial charge on any atom is 0.185 e. The predicted molar refractivity (Wildman–Crippen MR) is 67.1 cm³/mol. The van der Waals surface area contributed by atoms with Gasteiger partial charge in [0.1, 0.15) is 0 Å². The number of hydrogen-bond donors (Lipinski definition) is 1. The summed E-state index contributed by atoms with van der Waals surface area (Å²) in [6.07, 6.45) is -0.463. The van der Waals surface area contributed by atoms with Gasteiger partial charge in [0.05, 0.1) is 11.8 Å². The first-order valence-corrected chi connectivity index (χ1v) is 6.54. The molecule has 1 N–H and O–H groups in total. The Morgan fingerprint density at radius 3 is 2.88 bits per heavy atom. The van der Waals surface area contributed by atoms with Crippen LogP contribution in [0, 0.1) is 0 Å². The normalized spacial score (nSPS) is 24.8. The van der Waals surface area contributed by atoms with Gasteiger partial charge >= 0.3 is 0 Å². The van der Waals surface area contributed by atoms with Crippen molar-refractivity contribution in [3.8, 4) is 0 Å². The van der Waals surface area contributed by atoms with Crippen molar-refractivity contribution in [2.75, 3.05) is 31.6 Å². The minimum atomic E-state index is -0.463. The number of thiazole rings is 1. The summed E-state index contributed by atoms with van der Waals surface area (Å²) in [5.74, 6) is 0. The Kier molecular flexibility index (Phi) is 3.47. The Morgan fingerprint density at radius 2 is 2.31 bits per heavy atom. The zero-order valence-corrected chi connectivity index (χ0v) is 10.9. The van der Waals surface area contributed by atoms with Gasteiger partial charge in [0, 0.05) is 31.1 Å². The molecule has 1 aromatic rings. The zero-order valence-electron chi connectivity index (χ0n) is 10.1. The van der Waals surface area contributed by atoms with Gasteiger partial charge in [-0.15, -0.1) is 11.3 Å². The van der Waals surface area contributed by atoms with Crippen LogP contribution in [-0.2, 0) is 0 Å². The largest absolute Gasteiger partial charge is 0.387 e. The minimum Gasteiger partial charge on any atom is -0.387 e. The van der Waals surface area contributed by atoms with Crippen LogP contribution in [0.1, 0.15) is 25.6 Å². The predicted octanol–water partition coefficient (Wildman–Crippen LogP) is 1.34. The number of aliphatic hydroxyl groups excluding tert-OH is 1. The molecule has 0 spiro atoms. The second kappa shape index (κ2) is 4.69. The van der Waals surface area contributed by atoms with Crippen molar-refractivity contribution in [3.63, 3.8) is 0 Å². The second-order valence-electron chi connectivity index (χ2n) is 4.51. The van der Waals surface area contributed by atoms with Crippen molar-refractivity contribution in [1.82, 2.24) is 9.88 Å². The first-order valence-electron chi connectivity index (χ1n) is 5.66. The van der Waals surface area contributed by atoms with Gasteiger partial charge in [-0.1, -0.05) is 0 Å². The summed E-state index contributed by atoms with van der Waals surface area (Å²) in [6.45, 7) is 7.10. The number of anilines is 1. The lowest BCUT2D eigenvalue weighted by Gasteiger charge is -2.37. The van der Waals surface area contributed by atoms with Crippen molar-refractivity contribution in [2.24, 2.45) is 0 Å². The molecule has 16 heavy (non-hydrogen) atoms. The van der Waals surface area contributed by atoms with Gasteiger partial charge in [-0.05, 0) is 20.9 Å². The summed E-state index contributed by atoms with van der Waals surface area (Å²) in [4.78, 5) is 9.14. The van der Waals surface area contributed by atoms with Gasteiger partial charge in [0.15, 0.2) is 5.13 Å². The summed E-state index contributed by atoms with van der Waals surface area (Å²) in [6, 6.07) is 0.563. The molecule has 2 unspecified atom stereocenters. The smallest absolute Gasteiger partial charge is 0.185 e. The molecule has 2 atom stereocenters.